The fraction of sp³-hybridized carbons (Fsp3) is 0.571. The molecule has 16 heavy (non-hydrogen) atoms. The van der Waals surface area contributed by atoms with Crippen LogP contribution in [0.25, 0.3) is 0 Å². The highest BCUT2D eigenvalue weighted by Gasteiger charge is 2.25. The third-order valence-corrected chi connectivity index (χ3v) is 5.42. The van der Waals surface area contributed by atoms with E-state index in [1.54, 1.807) is 0 Å². The molecule has 2 atom stereocenters. The Balaban J connectivity index is 2.04. The Morgan fingerprint density at radius 2 is 1.75 bits per heavy atom. The molecule has 1 aliphatic rings. The highest BCUT2D eigenvalue weighted by atomic mass is 32.2. The van der Waals surface area contributed by atoms with Crippen LogP contribution >= 0.6 is 0 Å². The molecule has 0 N–H and O–H groups in total. The maximum Gasteiger partial charge on any atom is 0.0560 e. The van der Waals surface area contributed by atoms with Gasteiger partial charge in [0.1, 0.15) is 0 Å². The van der Waals surface area contributed by atoms with Crippen molar-refractivity contribution < 1.29 is 4.21 Å². The van der Waals surface area contributed by atoms with Gasteiger partial charge < -0.3 is 0 Å². The van der Waals surface area contributed by atoms with Crippen molar-refractivity contribution in [3.8, 4) is 0 Å². The predicted molar refractivity (Wildman–Crippen MR) is 68.9 cm³/mol. The van der Waals surface area contributed by atoms with Gasteiger partial charge in [-0.1, -0.05) is 44.4 Å². The van der Waals surface area contributed by atoms with Gasteiger partial charge in [-0.15, -0.1) is 0 Å². The summed E-state index contributed by atoms with van der Waals surface area (Å²) in [6.45, 7) is 2.15. The van der Waals surface area contributed by atoms with Crippen molar-refractivity contribution in [2.24, 2.45) is 5.92 Å². The number of rotatable bonds is 3. The van der Waals surface area contributed by atoms with Gasteiger partial charge in [0.05, 0.1) is 10.8 Å². The third-order valence-electron chi connectivity index (χ3n) is 3.63. The Morgan fingerprint density at radius 3 is 2.38 bits per heavy atom. The van der Waals surface area contributed by atoms with Crippen molar-refractivity contribution in [2.45, 2.75) is 49.2 Å². The highest BCUT2D eigenvalue weighted by Crippen LogP contribution is 2.30. The van der Waals surface area contributed by atoms with Gasteiger partial charge in [-0.05, 0) is 30.9 Å². The Morgan fingerprint density at radius 1 is 1.12 bits per heavy atom. The van der Waals surface area contributed by atoms with Crippen LogP contribution in [0.3, 0.4) is 0 Å². The summed E-state index contributed by atoms with van der Waals surface area (Å²) in [6.07, 6.45) is 6.53. The maximum absolute atomic E-state index is 12.4. The summed E-state index contributed by atoms with van der Waals surface area (Å²) in [4.78, 5) is 0.987. The summed E-state index contributed by atoms with van der Waals surface area (Å²) in [5.41, 5.74) is 0. The van der Waals surface area contributed by atoms with Gasteiger partial charge in [-0.3, -0.25) is 4.21 Å². The summed E-state index contributed by atoms with van der Waals surface area (Å²) in [5.74, 6) is 0.662. The van der Waals surface area contributed by atoms with Crippen LogP contribution in [-0.2, 0) is 10.8 Å². The van der Waals surface area contributed by atoms with Gasteiger partial charge in [0.25, 0.3) is 0 Å². The fourth-order valence-electron chi connectivity index (χ4n) is 2.55. The van der Waals surface area contributed by atoms with E-state index in [4.69, 9.17) is 0 Å². The summed E-state index contributed by atoms with van der Waals surface area (Å²) in [7, 11) is -0.826. The minimum atomic E-state index is -0.826. The zero-order valence-corrected chi connectivity index (χ0v) is 10.7. The first kappa shape index (κ1) is 11.8. The second-order valence-corrected chi connectivity index (χ2v) is 6.52. The second-order valence-electron chi connectivity index (χ2n) is 4.71. The molecular weight excluding hydrogens is 216 g/mol. The number of hydrogen-bond donors (Lipinski definition) is 0. The lowest BCUT2D eigenvalue weighted by atomic mass is 9.87. The lowest BCUT2D eigenvalue weighted by Gasteiger charge is -2.27. The molecule has 1 nitrogen and oxygen atoms in total. The zero-order valence-electron chi connectivity index (χ0n) is 9.89. The van der Waals surface area contributed by atoms with Crippen LogP contribution in [0.5, 0.6) is 0 Å². The molecule has 0 amide bonds. The SMILES string of the molecule is CC(C1CCCCC1)S(=O)c1ccccc1. The van der Waals surface area contributed by atoms with E-state index in [-0.39, 0.29) is 0 Å². The van der Waals surface area contributed by atoms with E-state index < -0.39 is 10.8 Å². The first-order valence-corrected chi connectivity index (χ1v) is 7.46. The Hall–Kier alpha value is -0.630. The summed E-state index contributed by atoms with van der Waals surface area (Å²) < 4.78 is 12.4. The Kier molecular flexibility index (Phi) is 4.16. The molecule has 88 valence electrons. The quantitative estimate of drug-likeness (QED) is 0.781. The monoisotopic (exact) mass is 236 g/mol. The Labute approximate surface area is 101 Å². The van der Waals surface area contributed by atoms with E-state index in [1.807, 2.05) is 30.3 Å². The minimum Gasteiger partial charge on any atom is -0.254 e. The van der Waals surface area contributed by atoms with Crippen LogP contribution in [0, 0.1) is 5.92 Å². The predicted octanol–water partition coefficient (Wildman–Crippen LogP) is 3.76. The molecular formula is C14H20OS. The molecule has 0 spiro atoms. The molecule has 1 aromatic rings. The van der Waals surface area contributed by atoms with Crippen LogP contribution in [0.15, 0.2) is 35.2 Å². The first-order chi connectivity index (χ1) is 7.79. The van der Waals surface area contributed by atoms with Gasteiger partial charge in [0, 0.05) is 10.1 Å². The van der Waals surface area contributed by atoms with Crippen molar-refractivity contribution in [1.82, 2.24) is 0 Å². The van der Waals surface area contributed by atoms with E-state index in [2.05, 4.69) is 6.92 Å². The van der Waals surface area contributed by atoms with Crippen LogP contribution in [0.2, 0.25) is 0 Å². The molecule has 1 saturated carbocycles. The highest BCUT2D eigenvalue weighted by molar-refractivity contribution is 7.85. The number of hydrogen-bond acceptors (Lipinski definition) is 1. The van der Waals surface area contributed by atoms with Crippen molar-refractivity contribution in [3.05, 3.63) is 30.3 Å². The standard InChI is InChI=1S/C14H20OS/c1-12(13-8-4-2-5-9-13)16(15)14-10-6-3-7-11-14/h3,6-7,10-13H,2,4-5,8-9H2,1H3. The molecule has 2 heteroatoms. The van der Waals surface area contributed by atoms with Gasteiger partial charge in [0.2, 0.25) is 0 Å². The normalized spacial score (nSPS) is 21.6. The van der Waals surface area contributed by atoms with Gasteiger partial charge in [0.15, 0.2) is 0 Å². The average Bonchev–Trinajstić information content (AvgIpc) is 2.39. The molecule has 0 radical (unpaired) electrons. The van der Waals surface area contributed by atoms with E-state index in [0.29, 0.717) is 11.2 Å². The van der Waals surface area contributed by atoms with Crippen LogP contribution < -0.4 is 0 Å². The zero-order chi connectivity index (χ0) is 11.4. The van der Waals surface area contributed by atoms with E-state index in [9.17, 15) is 4.21 Å². The van der Waals surface area contributed by atoms with Crippen LogP contribution in [-0.4, -0.2) is 9.46 Å². The molecule has 1 fully saturated rings. The maximum atomic E-state index is 12.4. The molecule has 2 rings (SSSR count). The largest absolute Gasteiger partial charge is 0.254 e. The van der Waals surface area contributed by atoms with E-state index >= 15 is 0 Å². The molecule has 2 unspecified atom stereocenters. The summed E-state index contributed by atoms with van der Waals surface area (Å²) >= 11 is 0. The van der Waals surface area contributed by atoms with Gasteiger partial charge >= 0.3 is 0 Å². The van der Waals surface area contributed by atoms with Gasteiger partial charge in [-0.25, -0.2) is 0 Å². The van der Waals surface area contributed by atoms with Crippen molar-refractivity contribution in [2.75, 3.05) is 0 Å². The van der Waals surface area contributed by atoms with Crippen LogP contribution in [0.4, 0.5) is 0 Å². The van der Waals surface area contributed by atoms with Crippen molar-refractivity contribution in [1.29, 1.82) is 0 Å². The molecule has 0 aliphatic heterocycles. The first-order valence-electron chi connectivity index (χ1n) is 6.24. The summed E-state index contributed by atoms with van der Waals surface area (Å²) in [6, 6.07) is 9.89. The molecule has 0 aromatic heterocycles. The lowest BCUT2D eigenvalue weighted by molar-refractivity contribution is 0.353. The van der Waals surface area contributed by atoms with E-state index in [0.717, 1.165) is 4.90 Å². The minimum absolute atomic E-state index is 0.308. The fourth-order valence-corrected chi connectivity index (χ4v) is 4.02. The average molecular weight is 236 g/mol. The Bertz CT molecular complexity index is 341. The molecule has 1 aromatic carbocycles. The molecule has 0 bridgehead atoms. The second kappa shape index (κ2) is 5.62. The summed E-state index contributed by atoms with van der Waals surface area (Å²) in [5, 5.41) is 0.308. The van der Waals surface area contributed by atoms with Crippen molar-refractivity contribution >= 4 is 10.8 Å². The third kappa shape index (κ3) is 2.73. The van der Waals surface area contributed by atoms with E-state index in [1.165, 1.54) is 32.1 Å². The smallest absolute Gasteiger partial charge is 0.0560 e. The van der Waals surface area contributed by atoms with Crippen molar-refractivity contribution in [3.63, 3.8) is 0 Å². The van der Waals surface area contributed by atoms with Crippen LogP contribution in [0.1, 0.15) is 39.0 Å². The van der Waals surface area contributed by atoms with Gasteiger partial charge in [-0.2, -0.15) is 0 Å². The topological polar surface area (TPSA) is 17.1 Å². The molecule has 0 saturated heterocycles. The lowest BCUT2D eigenvalue weighted by Crippen LogP contribution is -2.24. The molecule has 1 aliphatic carbocycles. The molecule has 0 heterocycles. The number of benzene rings is 1.